The van der Waals surface area contributed by atoms with Crippen LogP contribution in [-0.4, -0.2) is 28.3 Å². The van der Waals surface area contributed by atoms with E-state index in [1.54, 1.807) is 0 Å². The summed E-state index contributed by atoms with van der Waals surface area (Å²) in [5.41, 5.74) is 1.73. The monoisotopic (exact) mass is 338 g/mol. The molecule has 0 aliphatic heterocycles. The topological polar surface area (TPSA) is 87.8 Å². The Labute approximate surface area is 146 Å². The number of nitriles is 1. The lowest BCUT2D eigenvalue weighted by Gasteiger charge is -2.22. The summed E-state index contributed by atoms with van der Waals surface area (Å²) in [7, 11) is 1.43. The molecule has 1 unspecified atom stereocenters. The SMILES string of the molecule is CNC(=O)C(C#N)C(=O)Cn1c(C2CCCCC2)nc2ccccc21. The Bertz CT molecular complexity index is 828. The lowest BCUT2D eigenvalue weighted by Crippen LogP contribution is -2.34. The first-order valence-electron chi connectivity index (χ1n) is 8.74. The van der Waals surface area contributed by atoms with E-state index in [0.717, 1.165) is 29.7 Å². The Kier molecular flexibility index (Phi) is 5.13. The van der Waals surface area contributed by atoms with Crippen molar-refractivity contribution in [2.45, 2.75) is 44.6 Å². The number of para-hydroxylation sites is 2. The molecule has 1 aliphatic carbocycles. The van der Waals surface area contributed by atoms with E-state index in [0.29, 0.717) is 5.92 Å². The van der Waals surface area contributed by atoms with Gasteiger partial charge < -0.3 is 9.88 Å². The zero-order chi connectivity index (χ0) is 17.8. The molecule has 2 aromatic rings. The molecule has 1 aliphatic rings. The Hall–Kier alpha value is -2.68. The first-order chi connectivity index (χ1) is 12.2. The van der Waals surface area contributed by atoms with Crippen molar-refractivity contribution in [1.29, 1.82) is 5.26 Å². The number of amides is 1. The first kappa shape index (κ1) is 17.2. The summed E-state index contributed by atoms with van der Waals surface area (Å²) < 4.78 is 1.90. The predicted octanol–water partition coefficient (Wildman–Crippen LogP) is 2.54. The fourth-order valence-electron chi connectivity index (χ4n) is 3.60. The van der Waals surface area contributed by atoms with Crippen molar-refractivity contribution < 1.29 is 9.59 Å². The Morgan fingerprint density at radius 2 is 2.04 bits per heavy atom. The van der Waals surface area contributed by atoms with E-state index in [4.69, 9.17) is 4.98 Å². The molecule has 6 heteroatoms. The van der Waals surface area contributed by atoms with Crippen LogP contribution >= 0.6 is 0 Å². The van der Waals surface area contributed by atoms with Crippen molar-refractivity contribution in [3.05, 3.63) is 30.1 Å². The highest BCUT2D eigenvalue weighted by Gasteiger charge is 2.28. The second-order valence-corrected chi connectivity index (χ2v) is 6.52. The van der Waals surface area contributed by atoms with Gasteiger partial charge in [0, 0.05) is 13.0 Å². The number of rotatable bonds is 5. The third-order valence-corrected chi connectivity index (χ3v) is 4.93. The number of hydrogen-bond donors (Lipinski definition) is 1. The predicted molar refractivity (Wildman–Crippen MR) is 93.7 cm³/mol. The number of fused-ring (bicyclic) bond motifs is 1. The molecule has 1 N–H and O–H groups in total. The van der Waals surface area contributed by atoms with Gasteiger partial charge in [0.25, 0.3) is 0 Å². The molecule has 0 saturated heterocycles. The van der Waals surface area contributed by atoms with Gasteiger partial charge in [-0.2, -0.15) is 5.26 Å². The van der Waals surface area contributed by atoms with E-state index >= 15 is 0 Å². The maximum atomic E-state index is 12.6. The summed E-state index contributed by atoms with van der Waals surface area (Å²) in [5, 5.41) is 11.6. The highest BCUT2D eigenvalue weighted by Crippen LogP contribution is 2.34. The summed E-state index contributed by atoms with van der Waals surface area (Å²) in [4.78, 5) is 29.1. The number of ketones is 1. The molecule has 6 nitrogen and oxygen atoms in total. The van der Waals surface area contributed by atoms with Crippen LogP contribution in [-0.2, 0) is 16.1 Å². The molecule has 0 bridgehead atoms. The first-order valence-corrected chi connectivity index (χ1v) is 8.74. The van der Waals surface area contributed by atoms with Gasteiger partial charge in [-0.1, -0.05) is 31.4 Å². The fraction of sp³-hybridized carbons (Fsp3) is 0.474. The van der Waals surface area contributed by atoms with E-state index in [9.17, 15) is 14.9 Å². The molecule has 1 saturated carbocycles. The van der Waals surface area contributed by atoms with Crippen molar-refractivity contribution in [2.24, 2.45) is 5.92 Å². The maximum Gasteiger partial charge on any atom is 0.244 e. The highest BCUT2D eigenvalue weighted by molar-refractivity contribution is 6.04. The third kappa shape index (κ3) is 3.41. The Morgan fingerprint density at radius 3 is 2.72 bits per heavy atom. The van der Waals surface area contributed by atoms with Crippen LogP contribution < -0.4 is 5.32 Å². The smallest absolute Gasteiger partial charge is 0.244 e. The molecule has 1 aromatic heterocycles. The van der Waals surface area contributed by atoms with E-state index in [-0.39, 0.29) is 6.54 Å². The van der Waals surface area contributed by atoms with Crippen molar-refractivity contribution in [3.8, 4) is 6.07 Å². The minimum absolute atomic E-state index is 0.00199. The zero-order valence-corrected chi connectivity index (χ0v) is 14.4. The third-order valence-electron chi connectivity index (χ3n) is 4.93. The largest absolute Gasteiger partial charge is 0.358 e. The molecule has 130 valence electrons. The van der Waals surface area contributed by atoms with E-state index in [1.807, 2.05) is 34.9 Å². The number of benzene rings is 1. The lowest BCUT2D eigenvalue weighted by atomic mass is 9.88. The number of nitrogens with zero attached hydrogens (tertiary/aromatic N) is 3. The van der Waals surface area contributed by atoms with E-state index < -0.39 is 17.6 Å². The van der Waals surface area contributed by atoms with Crippen molar-refractivity contribution >= 4 is 22.7 Å². The van der Waals surface area contributed by atoms with Crippen LogP contribution in [0.2, 0.25) is 0 Å². The van der Waals surface area contributed by atoms with Crippen LogP contribution in [0.3, 0.4) is 0 Å². The van der Waals surface area contributed by atoms with Gasteiger partial charge in [-0.15, -0.1) is 0 Å². The van der Waals surface area contributed by atoms with Gasteiger partial charge in [-0.25, -0.2) is 4.98 Å². The summed E-state index contributed by atoms with van der Waals surface area (Å²) >= 11 is 0. The number of carbonyl (C=O) groups excluding carboxylic acids is 2. The Morgan fingerprint density at radius 1 is 1.32 bits per heavy atom. The molecule has 3 rings (SSSR count). The van der Waals surface area contributed by atoms with Crippen LogP contribution in [0.25, 0.3) is 11.0 Å². The van der Waals surface area contributed by atoms with Crippen molar-refractivity contribution in [3.63, 3.8) is 0 Å². The van der Waals surface area contributed by atoms with E-state index in [1.165, 1.54) is 26.3 Å². The zero-order valence-electron chi connectivity index (χ0n) is 14.4. The minimum atomic E-state index is -1.29. The maximum absolute atomic E-state index is 12.6. The quantitative estimate of drug-likeness (QED) is 0.849. The van der Waals surface area contributed by atoms with Crippen LogP contribution in [0, 0.1) is 17.2 Å². The molecule has 1 aromatic carbocycles. The van der Waals surface area contributed by atoms with Gasteiger partial charge in [-0.3, -0.25) is 9.59 Å². The van der Waals surface area contributed by atoms with Crippen LogP contribution in [0.1, 0.15) is 43.8 Å². The van der Waals surface area contributed by atoms with Gasteiger partial charge >= 0.3 is 0 Å². The van der Waals surface area contributed by atoms with Gasteiger partial charge in [0.05, 0.1) is 23.6 Å². The average Bonchev–Trinajstić information content (AvgIpc) is 3.01. The van der Waals surface area contributed by atoms with Crippen LogP contribution in [0.15, 0.2) is 24.3 Å². The molecule has 25 heavy (non-hydrogen) atoms. The lowest BCUT2D eigenvalue weighted by molar-refractivity contribution is -0.131. The van der Waals surface area contributed by atoms with Crippen molar-refractivity contribution in [1.82, 2.24) is 14.9 Å². The Balaban J connectivity index is 1.97. The van der Waals surface area contributed by atoms with Gasteiger partial charge in [0.15, 0.2) is 11.7 Å². The number of Topliss-reactive ketones (excluding diaryl/α,β-unsaturated/α-hetero) is 1. The van der Waals surface area contributed by atoms with Crippen molar-refractivity contribution in [2.75, 3.05) is 7.05 Å². The molecular formula is C19H22N4O2. The standard InChI is InChI=1S/C19H22N4O2/c1-21-19(25)14(11-20)17(24)12-23-16-10-6-5-9-15(16)22-18(23)13-7-3-2-4-8-13/h5-6,9-10,13-14H,2-4,7-8,12H2,1H3,(H,21,25). The number of hydrogen-bond acceptors (Lipinski definition) is 4. The molecule has 0 radical (unpaired) electrons. The fourth-order valence-corrected chi connectivity index (χ4v) is 3.60. The van der Waals surface area contributed by atoms with Gasteiger partial charge in [0.2, 0.25) is 5.91 Å². The summed E-state index contributed by atoms with van der Waals surface area (Å²) in [5.74, 6) is -1.01. The van der Waals surface area contributed by atoms with Gasteiger partial charge in [-0.05, 0) is 25.0 Å². The normalized spacial score (nSPS) is 16.3. The molecule has 1 fully saturated rings. The summed E-state index contributed by atoms with van der Waals surface area (Å²) in [6.45, 7) is -0.00199. The van der Waals surface area contributed by atoms with Crippen LogP contribution in [0.5, 0.6) is 0 Å². The number of imidazole rings is 1. The van der Waals surface area contributed by atoms with Gasteiger partial charge in [0.1, 0.15) is 5.82 Å². The molecule has 1 atom stereocenters. The summed E-state index contributed by atoms with van der Waals surface area (Å²) in [6, 6.07) is 9.52. The second-order valence-electron chi connectivity index (χ2n) is 6.52. The second kappa shape index (κ2) is 7.47. The van der Waals surface area contributed by atoms with Crippen LogP contribution in [0.4, 0.5) is 0 Å². The number of aromatic nitrogens is 2. The number of nitrogens with one attached hydrogen (secondary N) is 1. The molecule has 1 heterocycles. The average molecular weight is 338 g/mol. The molecular weight excluding hydrogens is 316 g/mol. The highest BCUT2D eigenvalue weighted by atomic mass is 16.2. The minimum Gasteiger partial charge on any atom is -0.358 e. The van der Waals surface area contributed by atoms with E-state index in [2.05, 4.69) is 5.32 Å². The summed E-state index contributed by atoms with van der Waals surface area (Å²) in [6.07, 6.45) is 5.70. The molecule has 0 spiro atoms. The molecule has 1 amide bonds. The number of carbonyl (C=O) groups is 2.